The number of aryl methyl sites for hydroxylation is 1. The average Bonchev–Trinajstić information content (AvgIpc) is 2.88. The van der Waals surface area contributed by atoms with E-state index in [9.17, 15) is 26.7 Å². The van der Waals surface area contributed by atoms with Crippen LogP contribution in [0.2, 0.25) is 0 Å². The molecular weight excluding hydrogens is 513 g/mol. The van der Waals surface area contributed by atoms with Crippen LogP contribution in [-0.2, 0) is 16.2 Å². The summed E-state index contributed by atoms with van der Waals surface area (Å²) in [7, 11) is -3.69. The zero-order valence-corrected chi connectivity index (χ0v) is 21.9. The van der Waals surface area contributed by atoms with Crippen molar-refractivity contribution in [3.8, 4) is 11.1 Å². The van der Waals surface area contributed by atoms with Gasteiger partial charge in [0.2, 0.25) is 10.0 Å². The Hall–Kier alpha value is -2.72. The molecule has 2 heterocycles. The maximum absolute atomic E-state index is 13.6. The topological polar surface area (TPSA) is 60.9 Å². The van der Waals surface area contributed by atoms with Gasteiger partial charge < -0.3 is 5.11 Å². The van der Waals surface area contributed by atoms with Crippen LogP contribution in [-0.4, -0.2) is 61.1 Å². The van der Waals surface area contributed by atoms with E-state index in [1.807, 2.05) is 18.2 Å². The number of aliphatic hydroxyl groups is 1. The summed E-state index contributed by atoms with van der Waals surface area (Å²) in [6.45, 7) is 3.27. The van der Waals surface area contributed by atoms with E-state index in [4.69, 9.17) is 0 Å². The number of rotatable bonds is 5. The van der Waals surface area contributed by atoms with Gasteiger partial charge in [0.15, 0.2) is 0 Å². The molecule has 0 spiro atoms. The maximum atomic E-state index is 13.6. The highest BCUT2D eigenvalue weighted by Crippen LogP contribution is 2.43. The first kappa shape index (κ1) is 26.9. The molecule has 0 bridgehead atoms. The quantitative estimate of drug-likeness (QED) is 0.474. The van der Waals surface area contributed by atoms with Gasteiger partial charge >= 0.3 is 6.18 Å². The van der Waals surface area contributed by atoms with Gasteiger partial charge in [0, 0.05) is 31.1 Å². The number of fused-ring (bicyclic) bond motifs is 1. The first-order valence-electron chi connectivity index (χ1n) is 12.8. The molecule has 2 aliphatic heterocycles. The van der Waals surface area contributed by atoms with Crippen LogP contribution >= 0.6 is 0 Å². The third-order valence-corrected chi connectivity index (χ3v) is 9.89. The van der Waals surface area contributed by atoms with Gasteiger partial charge in [-0.2, -0.15) is 17.5 Å². The number of benzene rings is 3. The molecule has 0 aliphatic carbocycles. The van der Waals surface area contributed by atoms with Crippen molar-refractivity contribution in [2.75, 3.05) is 26.2 Å². The number of halogens is 3. The Kier molecular flexibility index (Phi) is 7.39. The normalized spacial score (nSPS) is 23.2. The van der Waals surface area contributed by atoms with Crippen LogP contribution < -0.4 is 0 Å². The highest BCUT2D eigenvalue weighted by molar-refractivity contribution is 7.89. The second-order valence-electron chi connectivity index (χ2n) is 10.1. The molecule has 5 rings (SSSR count). The largest absolute Gasteiger partial charge is 0.416 e. The van der Waals surface area contributed by atoms with E-state index < -0.39 is 21.8 Å². The lowest BCUT2D eigenvalue weighted by Gasteiger charge is -2.57. The van der Waals surface area contributed by atoms with Crippen LogP contribution in [0, 0.1) is 6.92 Å². The van der Waals surface area contributed by atoms with Gasteiger partial charge in [-0.3, -0.25) is 4.90 Å². The minimum atomic E-state index is -4.41. The number of hydrogen-bond acceptors (Lipinski definition) is 4. The summed E-state index contributed by atoms with van der Waals surface area (Å²) in [5.41, 5.74) is 2.09. The molecule has 1 unspecified atom stereocenters. The third kappa shape index (κ3) is 5.00. The smallest absolute Gasteiger partial charge is 0.395 e. The van der Waals surface area contributed by atoms with E-state index in [1.165, 1.54) is 6.07 Å². The van der Waals surface area contributed by atoms with Gasteiger partial charge in [-0.1, -0.05) is 54.6 Å². The Morgan fingerprint density at radius 3 is 2.32 bits per heavy atom. The molecule has 9 heteroatoms. The second kappa shape index (κ2) is 10.4. The highest BCUT2D eigenvalue weighted by atomic mass is 32.2. The van der Waals surface area contributed by atoms with E-state index in [1.54, 1.807) is 47.6 Å². The van der Waals surface area contributed by atoms with Crippen molar-refractivity contribution in [1.82, 2.24) is 9.21 Å². The lowest BCUT2D eigenvalue weighted by molar-refractivity contribution is -0.137. The highest BCUT2D eigenvalue weighted by Gasteiger charge is 2.50. The molecule has 3 aromatic carbocycles. The number of hydrogen-bond donors (Lipinski definition) is 1. The lowest BCUT2D eigenvalue weighted by Crippen LogP contribution is -2.67. The van der Waals surface area contributed by atoms with Crippen molar-refractivity contribution < 1.29 is 26.7 Å². The molecule has 0 radical (unpaired) electrons. The first-order valence-corrected chi connectivity index (χ1v) is 14.3. The van der Waals surface area contributed by atoms with Crippen LogP contribution in [0.5, 0.6) is 0 Å². The van der Waals surface area contributed by atoms with Crippen LogP contribution in [0.25, 0.3) is 11.1 Å². The van der Waals surface area contributed by atoms with E-state index >= 15 is 0 Å². The van der Waals surface area contributed by atoms with Crippen molar-refractivity contribution in [2.24, 2.45) is 0 Å². The van der Waals surface area contributed by atoms with E-state index in [0.717, 1.165) is 37.1 Å². The summed E-state index contributed by atoms with van der Waals surface area (Å²) in [5, 5.41) is 10.2. The molecule has 1 N–H and O–H groups in total. The van der Waals surface area contributed by atoms with E-state index in [-0.39, 0.29) is 24.6 Å². The van der Waals surface area contributed by atoms with E-state index in [2.05, 4.69) is 4.90 Å². The van der Waals surface area contributed by atoms with Crippen molar-refractivity contribution >= 4 is 10.0 Å². The average molecular weight is 545 g/mol. The maximum Gasteiger partial charge on any atom is 0.416 e. The summed E-state index contributed by atoms with van der Waals surface area (Å²) in [4.78, 5) is 2.51. The molecule has 0 saturated carbocycles. The zero-order valence-electron chi connectivity index (χ0n) is 21.1. The number of alkyl halides is 3. The first-order chi connectivity index (χ1) is 18.1. The summed E-state index contributed by atoms with van der Waals surface area (Å²) >= 11 is 0. The molecule has 2 saturated heterocycles. The van der Waals surface area contributed by atoms with Crippen molar-refractivity contribution in [3.63, 3.8) is 0 Å². The van der Waals surface area contributed by atoms with Crippen molar-refractivity contribution in [2.45, 2.75) is 48.8 Å². The van der Waals surface area contributed by atoms with Crippen LogP contribution in [0.1, 0.15) is 35.4 Å². The predicted molar refractivity (Wildman–Crippen MR) is 140 cm³/mol. The molecule has 0 amide bonds. The monoisotopic (exact) mass is 544 g/mol. The summed E-state index contributed by atoms with van der Waals surface area (Å²) in [6.07, 6.45) is -2.85. The van der Waals surface area contributed by atoms with Crippen molar-refractivity contribution in [1.29, 1.82) is 0 Å². The number of nitrogens with zero attached hydrogens (tertiary/aromatic N) is 2. The van der Waals surface area contributed by atoms with Crippen LogP contribution in [0.4, 0.5) is 13.2 Å². The van der Waals surface area contributed by atoms with Gasteiger partial charge in [0.25, 0.3) is 0 Å². The fourth-order valence-corrected chi connectivity index (χ4v) is 7.61. The standard InChI is InChI=1S/C29H31F3N2O3S/c1-20-7-2-3-10-27(20)38(36,37)33-15-4-5-16-34-25(18-33)28(26(34)19-35)22-13-11-21(12-14-22)23-8-6-9-24(17-23)29(30,31)32/h2-3,6-14,17,25-26,28,35H,4-5,15-16,18-19H2,1H3/t25-,26+,28?/m0/s1. The van der Waals surface area contributed by atoms with E-state index in [0.29, 0.717) is 34.7 Å². The molecule has 202 valence electrons. The molecule has 3 aromatic rings. The molecule has 2 aliphatic rings. The third-order valence-electron chi connectivity index (χ3n) is 7.86. The summed E-state index contributed by atoms with van der Waals surface area (Å²) < 4.78 is 68.4. The Bertz CT molecular complexity index is 1390. The minimum Gasteiger partial charge on any atom is -0.395 e. The molecule has 3 atom stereocenters. The number of aliphatic hydroxyl groups excluding tert-OH is 1. The molecule has 2 fully saturated rings. The predicted octanol–water partition coefficient (Wildman–Crippen LogP) is 5.29. The minimum absolute atomic E-state index is 0.0545. The Morgan fingerprint density at radius 1 is 0.921 bits per heavy atom. The van der Waals surface area contributed by atoms with Gasteiger partial charge in [0.05, 0.1) is 17.1 Å². The zero-order chi connectivity index (χ0) is 27.1. The Balaban J connectivity index is 1.42. The Morgan fingerprint density at radius 2 is 1.63 bits per heavy atom. The lowest BCUT2D eigenvalue weighted by atomic mass is 9.74. The van der Waals surface area contributed by atoms with Gasteiger partial charge in [0.1, 0.15) is 0 Å². The number of sulfonamides is 1. The molecular formula is C29H31F3N2O3S. The summed E-state index contributed by atoms with van der Waals surface area (Å²) in [6, 6.07) is 19.4. The van der Waals surface area contributed by atoms with Crippen molar-refractivity contribution in [3.05, 3.63) is 89.5 Å². The SMILES string of the molecule is Cc1ccccc1S(=O)(=O)N1CCCCN2[C@H](CO)C(c3ccc(-c4cccc(C(F)(F)F)c4)cc3)[C@@H]2C1. The molecule has 0 aromatic heterocycles. The fraction of sp³-hybridized carbons (Fsp3) is 0.379. The summed E-state index contributed by atoms with van der Waals surface area (Å²) in [5.74, 6) is -0.0942. The van der Waals surface area contributed by atoms with Crippen LogP contribution in [0.15, 0.2) is 77.7 Å². The van der Waals surface area contributed by atoms with Gasteiger partial charge in [-0.05, 0) is 66.8 Å². The molecule has 38 heavy (non-hydrogen) atoms. The molecule has 5 nitrogen and oxygen atoms in total. The Labute approximate surface area is 221 Å². The van der Waals surface area contributed by atoms with Crippen LogP contribution in [0.3, 0.4) is 0 Å². The van der Waals surface area contributed by atoms with Gasteiger partial charge in [-0.15, -0.1) is 0 Å². The fourth-order valence-electron chi connectivity index (χ4n) is 5.88. The van der Waals surface area contributed by atoms with Gasteiger partial charge in [-0.25, -0.2) is 8.42 Å². The second-order valence-corrected chi connectivity index (χ2v) is 12.0.